The smallest absolute Gasteiger partial charge is 0.302 e. The normalized spacial score (nSPS) is 17.0. The maximum absolute atomic E-state index is 10.6. The topological polar surface area (TPSA) is 115 Å². The van der Waals surface area contributed by atoms with Crippen molar-refractivity contribution in [3.63, 3.8) is 0 Å². The molecule has 0 radical (unpaired) electrons. The van der Waals surface area contributed by atoms with E-state index in [1.807, 2.05) is 19.1 Å². The van der Waals surface area contributed by atoms with E-state index in [1.165, 1.54) is 17.5 Å². The van der Waals surface area contributed by atoms with Gasteiger partial charge in [-0.3, -0.25) is 15.1 Å². The molecule has 25 heavy (non-hydrogen) atoms. The van der Waals surface area contributed by atoms with Crippen molar-refractivity contribution in [2.24, 2.45) is 10.1 Å². The Morgan fingerprint density at radius 1 is 1.52 bits per heavy atom. The lowest BCUT2D eigenvalue weighted by Crippen LogP contribution is -2.29. The molecule has 1 N–H and O–H groups in total. The minimum atomic E-state index is -0.801. The first-order valence-corrected chi connectivity index (χ1v) is 8.08. The van der Waals surface area contributed by atoms with Gasteiger partial charge in [-0.05, 0) is 26.0 Å². The molecular formula is C15H14N6O3S. The summed E-state index contributed by atoms with van der Waals surface area (Å²) < 4.78 is 0. The highest BCUT2D eigenvalue weighted by atomic mass is 32.1. The Labute approximate surface area is 146 Å². The van der Waals surface area contributed by atoms with Crippen LogP contribution in [0.4, 0.5) is 0 Å². The van der Waals surface area contributed by atoms with Crippen molar-refractivity contribution in [2.45, 2.75) is 20.2 Å². The van der Waals surface area contributed by atoms with E-state index in [-0.39, 0.29) is 5.70 Å². The van der Waals surface area contributed by atoms with E-state index in [9.17, 15) is 10.1 Å². The molecule has 0 bridgehead atoms. The molecular weight excluding hydrogens is 344 g/mol. The number of nitro groups is 1. The van der Waals surface area contributed by atoms with Gasteiger partial charge in [-0.25, -0.2) is 9.98 Å². The highest BCUT2D eigenvalue weighted by Gasteiger charge is 2.17. The number of rotatable bonds is 5. The van der Waals surface area contributed by atoms with Crippen LogP contribution in [0.3, 0.4) is 0 Å². The molecule has 10 heteroatoms. The van der Waals surface area contributed by atoms with Gasteiger partial charge in [0.25, 0.3) is 6.35 Å². The van der Waals surface area contributed by atoms with E-state index in [1.54, 1.807) is 19.3 Å². The first-order chi connectivity index (χ1) is 12.0. The second-order valence-electron chi connectivity index (χ2n) is 5.08. The van der Waals surface area contributed by atoms with E-state index in [4.69, 9.17) is 4.84 Å². The van der Waals surface area contributed by atoms with Crippen LogP contribution in [0.5, 0.6) is 0 Å². The van der Waals surface area contributed by atoms with Gasteiger partial charge >= 0.3 is 5.70 Å². The number of aryl methyl sites for hydroxylation is 1. The molecule has 128 valence electrons. The highest BCUT2D eigenvalue weighted by molar-refractivity contribution is 7.17. The summed E-state index contributed by atoms with van der Waals surface area (Å²) in [6.45, 7) is 3.70. The molecule has 0 amide bonds. The van der Waals surface area contributed by atoms with Gasteiger partial charge in [0.2, 0.25) is 0 Å². The number of allylic oxidation sites excluding steroid dienone is 1. The van der Waals surface area contributed by atoms with Gasteiger partial charge in [0.1, 0.15) is 11.2 Å². The first kappa shape index (κ1) is 16.7. The lowest BCUT2D eigenvalue weighted by molar-refractivity contribution is -0.415. The van der Waals surface area contributed by atoms with Crippen molar-refractivity contribution in [1.29, 1.82) is 0 Å². The van der Waals surface area contributed by atoms with Crippen molar-refractivity contribution in [2.75, 3.05) is 0 Å². The summed E-state index contributed by atoms with van der Waals surface area (Å²) in [7, 11) is 0. The molecule has 9 nitrogen and oxygen atoms in total. The summed E-state index contributed by atoms with van der Waals surface area (Å²) in [5.74, 6) is 0. The predicted molar refractivity (Wildman–Crippen MR) is 93.9 cm³/mol. The molecule has 0 fully saturated rings. The van der Waals surface area contributed by atoms with Crippen molar-refractivity contribution >= 4 is 23.3 Å². The molecule has 1 aliphatic heterocycles. The van der Waals surface area contributed by atoms with Crippen molar-refractivity contribution in [3.8, 4) is 10.6 Å². The molecule has 2 aromatic rings. The molecule has 3 heterocycles. The Morgan fingerprint density at radius 3 is 3.00 bits per heavy atom. The SMILES string of the molecule is C/C(=N\OC1N=CC([N+](=O)[O-])=CN1)c1sc(-c2cccnc2)nc1C. The second-order valence-corrected chi connectivity index (χ2v) is 6.08. The summed E-state index contributed by atoms with van der Waals surface area (Å²) in [5, 5.41) is 18.1. The van der Waals surface area contributed by atoms with Crippen LogP contribution in [0.15, 0.2) is 46.6 Å². The summed E-state index contributed by atoms with van der Waals surface area (Å²) >= 11 is 1.49. The molecule has 1 aliphatic rings. The molecule has 0 aliphatic carbocycles. The van der Waals surface area contributed by atoms with E-state index < -0.39 is 11.3 Å². The Hall–Kier alpha value is -3.14. The molecule has 1 unspecified atom stereocenters. The van der Waals surface area contributed by atoms with Gasteiger partial charge in [0.15, 0.2) is 0 Å². The maximum Gasteiger partial charge on any atom is 0.302 e. The van der Waals surface area contributed by atoms with Crippen molar-refractivity contribution in [3.05, 3.63) is 57.1 Å². The third-order valence-corrected chi connectivity index (χ3v) is 4.57. The van der Waals surface area contributed by atoms with E-state index in [0.717, 1.165) is 27.4 Å². The van der Waals surface area contributed by atoms with Gasteiger partial charge in [-0.1, -0.05) is 5.16 Å². The molecule has 2 aromatic heterocycles. The Balaban J connectivity index is 1.70. The summed E-state index contributed by atoms with van der Waals surface area (Å²) in [6.07, 6.45) is 5.02. The third kappa shape index (κ3) is 3.86. The van der Waals surface area contributed by atoms with Gasteiger partial charge in [0, 0.05) is 18.0 Å². The summed E-state index contributed by atoms with van der Waals surface area (Å²) in [4.78, 5) is 28.7. The fraction of sp³-hybridized carbons (Fsp3) is 0.200. The van der Waals surface area contributed by atoms with E-state index in [0.29, 0.717) is 5.71 Å². The molecule has 0 saturated carbocycles. The number of hydrogen-bond acceptors (Lipinski definition) is 9. The molecule has 0 saturated heterocycles. The number of thiazole rings is 1. The van der Waals surface area contributed by atoms with E-state index in [2.05, 4.69) is 25.4 Å². The average Bonchev–Trinajstić information content (AvgIpc) is 3.02. The first-order valence-electron chi connectivity index (χ1n) is 7.27. The number of oxime groups is 1. The quantitative estimate of drug-likeness (QED) is 0.498. The Kier molecular flexibility index (Phi) is 4.80. The minimum Gasteiger partial charge on any atom is -0.346 e. The van der Waals surface area contributed by atoms with Gasteiger partial charge in [-0.2, -0.15) is 0 Å². The van der Waals surface area contributed by atoms with Crippen LogP contribution in [-0.2, 0) is 4.84 Å². The zero-order valence-corrected chi connectivity index (χ0v) is 14.2. The number of nitrogens with zero attached hydrogens (tertiary/aromatic N) is 5. The maximum atomic E-state index is 10.6. The highest BCUT2D eigenvalue weighted by Crippen LogP contribution is 2.27. The average molecular weight is 358 g/mol. The van der Waals surface area contributed by atoms with Crippen LogP contribution in [0.25, 0.3) is 10.6 Å². The fourth-order valence-corrected chi connectivity index (χ4v) is 3.05. The Morgan fingerprint density at radius 2 is 2.36 bits per heavy atom. The van der Waals surface area contributed by atoms with Crippen LogP contribution in [0.1, 0.15) is 17.5 Å². The number of aliphatic imine (C=N–C) groups is 1. The monoisotopic (exact) mass is 358 g/mol. The zero-order valence-electron chi connectivity index (χ0n) is 13.4. The number of hydrogen-bond donors (Lipinski definition) is 1. The lowest BCUT2D eigenvalue weighted by Gasteiger charge is -2.13. The van der Waals surface area contributed by atoms with Crippen molar-refractivity contribution in [1.82, 2.24) is 15.3 Å². The molecule has 0 spiro atoms. The number of pyridine rings is 1. The predicted octanol–water partition coefficient (Wildman–Crippen LogP) is 2.33. The lowest BCUT2D eigenvalue weighted by atomic mass is 10.3. The Bertz CT molecular complexity index is 875. The fourth-order valence-electron chi connectivity index (χ4n) is 2.05. The zero-order chi connectivity index (χ0) is 17.8. The summed E-state index contributed by atoms with van der Waals surface area (Å²) in [6, 6.07) is 3.80. The van der Waals surface area contributed by atoms with E-state index >= 15 is 0 Å². The van der Waals surface area contributed by atoms with Gasteiger partial charge < -0.3 is 10.2 Å². The molecule has 1 atom stereocenters. The summed E-state index contributed by atoms with van der Waals surface area (Å²) in [5.41, 5.74) is 2.28. The van der Waals surface area contributed by atoms with Crippen LogP contribution >= 0.6 is 11.3 Å². The van der Waals surface area contributed by atoms with Gasteiger partial charge in [-0.15, -0.1) is 11.3 Å². The molecule has 3 rings (SSSR count). The van der Waals surface area contributed by atoms with Crippen molar-refractivity contribution < 1.29 is 9.76 Å². The second kappa shape index (κ2) is 7.18. The molecule has 0 aromatic carbocycles. The standard InChI is InChI=1S/C15H14N6O3S/c1-9-13(25-14(19-9)11-4-3-5-16-6-11)10(2)20-24-15-17-7-12(8-18-15)21(22)23/h3-8,15,17H,1-2H3/b20-10+. The largest absolute Gasteiger partial charge is 0.346 e. The number of nitrogens with one attached hydrogen (secondary N) is 1. The van der Waals surface area contributed by atoms with Gasteiger partial charge in [0.05, 0.1) is 27.4 Å². The minimum absolute atomic E-state index is 0.139. The number of aromatic nitrogens is 2. The third-order valence-electron chi connectivity index (χ3n) is 3.25. The van der Waals surface area contributed by atoms with Crippen LogP contribution in [-0.4, -0.2) is 33.2 Å². The van der Waals surface area contributed by atoms with Crippen LogP contribution in [0, 0.1) is 17.0 Å². The van der Waals surface area contributed by atoms with Crippen LogP contribution < -0.4 is 5.32 Å². The van der Waals surface area contributed by atoms with Crippen LogP contribution in [0.2, 0.25) is 0 Å².